The zero-order valence-corrected chi connectivity index (χ0v) is 15.8. The third kappa shape index (κ3) is 4.28. The third-order valence-corrected chi connectivity index (χ3v) is 5.80. The molecule has 3 nitrogen and oxygen atoms in total. The van der Waals surface area contributed by atoms with Crippen LogP contribution in [0.3, 0.4) is 0 Å². The molecular formula is C18H26BrClN2O. The van der Waals surface area contributed by atoms with Crippen LogP contribution in [-0.2, 0) is 10.2 Å². The second-order valence-corrected chi connectivity index (χ2v) is 7.62. The standard InChI is InChI=1S/C18H25BrN2O.ClH/c19-16-6-4-15(5-7-16)18(9-2-10-18)17(22)21-12-8-14-3-1-11-20-13-14;/h4-7,14,20H,1-3,8-13H2,(H,21,22);1H. The fourth-order valence-corrected chi connectivity index (χ4v) is 3.94. The second-order valence-electron chi connectivity index (χ2n) is 6.70. The molecule has 23 heavy (non-hydrogen) atoms. The maximum absolute atomic E-state index is 12.7. The molecule has 1 aromatic rings. The molecule has 1 aromatic carbocycles. The highest BCUT2D eigenvalue weighted by Gasteiger charge is 2.45. The summed E-state index contributed by atoms with van der Waals surface area (Å²) in [6.45, 7) is 3.06. The molecule has 1 saturated carbocycles. The van der Waals surface area contributed by atoms with Gasteiger partial charge in [-0.25, -0.2) is 0 Å². The monoisotopic (exact) mass is 400 g/mol. The van der Waals surface area contributed by atoms with E-state index in [2.05, 4.69) is 38.7 Å². The Morgan fingerprint density at radius 3 is 2.57 bits per heavy atom. The van der Waals surface area contributed by atoms with Crippen LogP contribution in [0.15, 0.2) is 28.7 Å². The third-order valence-electron chi connectivity index (χ3n) is 5.28. The van der Waals surface area contributed by atoms with Crippen molar-refractivity contribution in [2.24, 2.45) is 5.92 Å². The number of nitrogens with one attached hydrogen (secondary N) is 2. The Morgan fingerprint density at radius 1 is 1.26 bits per heavy atom. The molecule has 0 bridgehead atoms. The molecular weight excluding hydrogens is 376 g/mol. The molecule has 1 amide bonds. The van der Waals surface area contributed by atoms with Crippen LogP contribution >= 0.6 is 28.3 Å². The lowest BCUT2D eigenvalue weighted by molar-refractivity contribution is -0.130. The molecule has 1 heterocycles. The van der Waals surface area contributed by atoms with E-state index in [9.17, 15) is 4.79 Å². The molecule has 2 fully saturated rings. The molecule has 128 valence electrons. The Hall–Kier alpha value is -0.580. The summed E-state index contributed by atoms with van der Waals surface area (Å²) in [6, 6.07) is 8.26. The lowest BCUT2D eigenvalue weighted by atomic mass is 9.64. The van der Waals surface area contributed by atoms with Gasteiger partial charge in [-0.3, -0.25) is 4.79 Å². The average molecular weight is 402 g/mol. The van der Waals surface area contributed by atoms with E-state index in [0.29, 0.717) is 0 Å². The van der Waals surface area contributed by atoms with Gasteiger partial charge in [-0.2, -0.15) is 0 Å². The predicted octanol–water partition coefficient (Wildman–Crippen LogP) is 3.80. The van der Waals surface area contributed by atoms with Crippen molar-refractivity contribution in [3.05, 3.63) is 34.3 Å². The number of amides is 1. The van der Waals surface area contributed by atoms with E-state index in [1.807, 2.05) is 12.1 Å². The molecule has 1 aliphatic carbocycles. The van der Waals surface area contributed by atoms with Crippen molar-refractivity contribution in [2.75, 3.05) is 19.6 Å². The maximum atomic E-state index is 12.7. The molecule has 1 atom stereocenters. The minimum absolute atomic E-state index is 0. The van der Waals surface area contributed by atoms with Crippen molar-refractivity contribution >= 4 is 34.2 Å². The summed E-state index contributed by atoms with van der Waals surface area (Å²) in [5.41, 5.74) is 0.893. The van der Waals surface area contributed by atoms with Crippen LogP contribution in [0.1, 0.15) is 44.1 Å². The summed E-state index contributed by atoms with van der Waals surface area (Å²) in [6.07, 6.45) is 6.75. The van der Waals surface area contributed by atoms with E-state index >= 15 is 0 Å². The van der Waals surface area contributed by atoms with E-state index < -0.39 is 0 Å². The van der Waals surface area contributed by atoms with E-state index in [1.165, 1.54) is 18.4 Å². The zero-order chi connectivity index (χ0) is 15.4. The molecule has 1 aliphatic heterocycles. The van der Waals surface area contributed by atoms with Crippen LogP contribution in [0, 0.1) is 5.92 Å². The van der Waals surface area contributed by atoms with Crippen LogP contribution in [0.4, 0.5) is 0 Å². The van der Waals surface area contributed by atoms with Crippen LogP contribution in [0.2, 0.25) is 0 Å². The summed E-state index contributed by atoms with van der Waals surface area (Å²) in [4.78, 5) is 12.7. The minimum Gasteiger partial charge on any atom is -0.355 e. The Balaban J connectivity index is 0.00000192. The normalized spacial score (nSPS) is 22.6. The van der Waals surface area contributed by atoms with Gasteiger partial charge in [-0.05, 0) is 68.8 Å². The number of halogens is 2. The molecule has 1 saturated heterocycles. The number of benzene rings is 1. The Kier molecular flexibility index (Phi) is 6.93. The largest absolute Gasteiger partial charge is 0.355 e. The van der Waals surface area contributed by atoms with Crippen molar-refractivity contribution < 1.29 is 4.79 Å². The number of rotatable bonds is 5. The van der Waals surface area contributed by atoms with Gasteiger partial charge in [0.15, 0.2) is 0 Å². The average Bonchev–Trinajstić information content (AvgIpc) is 2.49. The highest BCUT2D eigenvalue weighted by atomic mass is 79.9. The van der Waals surface area contributed by atoms with E-state index in [0.717, 1.165) is 55.7 Å². The molecule has 0 spiro atoms. The molecule has 5 heteroatoms. The van der Waals surface area contributed by atoms with Crippen LogP contribution in [-0.4, -0.2) is 25.5 Å². The smallest absolute Gasteiger partial charge is 0.230 e. The number of piperidine rings is 1. The van der Waals surface area contributed by atoms with E-state index in [-0.39, 0.29) is 23.7 Å². The fourth-order valence-electron chi connectivity index (χ4n) is 3.68. The van der Waals surface area contributed by atoms with Gasteiger partial charge in [0.05, 0.1) is 5.41 Å². The van der Waals surface area contributed by atoms with Gasteiger partial charge >= 0.3 is 0 Å². The van der Waals surface area contributed by atoms with Gasteiger partial charge in [0.25, 0.3) is 0 Å². The molecule has 0 aromatic heterocycles. The van der Waals surface area contributed by atoms with Crippen molar-refractivity contribution in [1.29, 1.82) is 0 Å². The van der Waals surface area contributed by atoms with Gasteiger partial charge in [0, 0.05) is 11.0 Å². The highest BCUT2D eigenvalue weighted by Crippen LogP contribution is 2.44. The van der Waals surface area contributed by atoms with E-state index in [4.69, 9.17) is 0 Å². The second kappa shape index (κ2) is 8.50. The Labute approximate surface area is 153 Å². The van der Waals surface area contributed by atoms with Crippen LogP contribution in [0.5, 0.6) is 0 Å². The SMILES string of the molecule is Cl.O=C(NCCC1CCCNC1)C1(c2ccc(Br)cc2)CCC1. The van der Waals surface area contributed by atoms with Crippen molar-refractivity contribution in [3.63, 3.8) is 0 Å². The summed E-state index contributed by atoms with van der Waals surface area (Å²) in [5.74, 6) is 0.948. The summed E-state index contributed by atoms with van der Waals surface area (Å²) in [7, 11) is 0. The van der Waals surface area contributed by atoms with Crippen LogP contribution < -0.4 is 10.6 Å². The molecule has 3 rings (SSSR count). The van der Waals surface area contributed by atoms with Crippen molar-refractivity contribution in [3.8, 4) is 0 Å². The Bertz CT molecular complexity index is 510. The topological polar surface area (TPSA) is 41.1 Å². The zero-order valence-electron chi connectivity index (χ0n) is 13.4. The van der Waals surface area contributed by atoms with Gasteiger partial charge in [0.2, 0.25) is 5.91 Å². The summed E-state index contributed by atoms with van der Waals surface area (Å²) >= 11 is 3.47. The molecule has 0 radical (unpaired) electrons. The number of carbonyl (C=O) groups excluding carboxylic acids is 1. The lowest BCUT2D eigenvalue weighted by Gasteiger charge is -2.41. The summed E-state index contributed by atoms with van der Waals surface area (Å²) < 4.78 is 1.07. The first-order chi connectivity index (χ1) is 10.7. The van der Waals surface area contributed by atoms with Gasteiger partial charge in [-0.15, -0.1) is 12.4 Å². The first-order valence-corrected chi connectivity index (χ1v) is 9.25. The van der Waals surface area contributed by atoms with Gasteiger partial charge in [-0.1, -0.05) is 34.5 Å². The minimum atomic E-state index is -0.272. The molecule has 2 aliphatic rings. The van der Waals surface area contributed by atoms with Crippen molar-refractivity contribution in [1.82, 2.24) is 10.6 Å². The molecule has 1 unspecified atom stereocenters. The van der Waals surface area contributed by atoms with Crippen molar-refractivity contribution in [2.45, 2.75) is 43.9 Å². The van der Waals surface area contributed by atoms with Crippen LogP contribution in [0.25, 0.3) is 0 Å². The first kappa shape index (κ1) is 18.8. The number of hydrogen-bond donors (Lipinski definition) is 2. The fraction of sp³-hybridized carbons (Fsp3) is 0.611. The van der Waals surface area contributed by atoms with Gasteiger partial charge < -0.3 is 10.6 Å². The first-order valence-electron chi connectivity index (χ1n) is 8.46. The highest BCUT2D eigenvalue weighted by molar-refractivity contribution is 9.10. The maximum Gasteiger partial charge on any atom is 0.230 e. The summed E-state index contributed by atoms with van der Waals surface area (Å²) in [5, 5.41) is 6.65. The quantitative estimate of drug-likeness (QED) is 0.788. The number of hydrogen-bond acceptors (Lipinski definition) is 2. The van der Waals surface area contributed by atoms with E-state index in [1.54, 1.807) is 0 Å². The number of carbonyl (C=O) groups is 1. The predicted molar refractivity (Wildman–Crippen MR) is 100 cm³/mol. The molecule has 2 N–H and O–H groups in total. The Morgan fingerprint density at radius 2 is 2.00 bits per heavy atom. The van der Waals surface area contributed by atoms with Gasteiger partial charge in [0.1, 0.15) is 0 Å². The lowest BCUT2D eigenvalue weighted by Crippen LogP contribution is -2.49.